The topological polar surface area (TPSA) is 81.2 Å². The van der Waals surface area contributed by atoms with Crippen molar-refractivity contribution < 1.29 is 8.42 Å². The molecule has 0 aliphatic carbocycles. The summed E-state index contributed by atoms with van der Waals surface area (Å²) in [5.41, 5.74) is 5.66. The van der Waals surface area contributed by atoms with Gasteiger partial charge in [0.25, 0.3) is 0 Å². The molecule has 0 aliphatic rings. The van der Waals surface area contributed by atoms with Gasteiger partial charge in [0.15, 0.2) is 5.82 Å². The molecular formula is C11H22N4O2S. The molecule has 0 bridgehead atoms. The quantitative estimate of drug-likeness (QED) is 0.760. The molecule has 1 aromatic heterocycles. The number of hydrogen-bond acceptors (Lipinski definition) is 4. The molecule has 0 saturated heterocycles. The Kier molecular flexibility index (Phi) is 5.15. The number of rotatable bonds is 7. The maximum atomic E-state index is 12.3. The fourth-order valence-electron chi connectivity index (χ4n) is 1.65. The third kappa shape index (κ3) is 3.23. The lowest BCUT2D eigenvalue weighted by Gasteiger charge is -2.15. The monoisotopic (exact) mass is 274 g/mol. The highest BCUT2D eigenvalue weighted by Crippen LogP contribution is 2.20. The van der Waals surface area contributed by atoms with E-state index in [1.165, 1.54) is 15.2 Å². The molecule has 104 valence electrons. The summed E-state index contributed by atoms with van der Waals surface area (Å²) < 4.78 is 27.4. The van der Waals surface area contributed by atoms with E-state index in [1.807, 2.05) is 6.92 Å². The van der Waals surface area contributed by atoms with Crippen molar-refractivity contribution in [1.82, 2.24) is 14.1 Å². The lowest BCUT2D eigenvalue weighted by molar-refractivity contribution is 0.454. The first-order valence-corrected chi connectivity index (χ1v) is 7.66. The zero-order chi connectivity index (χ0) is 13.8. The minimum absolute atomic E-state index is 0.0687. The van der Waals surface area contributed by atoms with Crippen LogP contribution in [0.4, 0.5) is 5.82 Å². The van der Waals surface area contributed by atoms with Crippen LogP contribution in [0.3, 0.4) is 0 Å². The molecule has 0 aromatic carbocycles. The number of nitrogens with zero attached hydrogens (tertiary/aromatic N) is 3. The third-order valence-corrected chi connectivity index (χ3v) is 4.72. The number of sulfonamides is 1. The van der Waals surface area contributed by atoms with E-state index in [9.17, 15) is 8.42 Å². The molecule has 0 spiro atoms. The summed E-state index contributed by atoms with van der Waals surface area (Å²) in [6, 6.07) is 0. The number of nitrogens with two attached hydrogens (primary N) is 1. The standard InChI is InChI=1S/C11H22N4O2S/c1-4-6-7-8-14(3)18(16,17)10-9-15(5-2)13-11(10)12/h9H,4-8H2,1-3H3,(H2,12,13). The Balaban J connectivity index is 2.87. The molecule has 0 amide bonds. The smallest absolute Gasteiger partial charge is 0.248 e. The van der Waals surface area contributed by atoms with Crippen molar-refractivity contribution in [2.24, 2.45) is 0 Å². The van der Waals surface area contributed by atoms with Crippen LogP contribution in [0.2, 0.25) is 0 Å². The summed E-state index contributed by atoms with van der Waals surface area (Å²) in [6.45, 7) is 5.07. The van der Waals surface area contributed by atoms with Crippen LogP contribution in [0.1, 0.15) is 33.1 Å². The summed E-state index contributed by atoms with van der Waals surface area (Å²) in [5, 5.41) is 3.96. The second kappa shape index (κ2) is 6.19. The molecule has 1 aromatic rings. The van der Waals surface area contributed by atoms with E-state index in [1.54, 1.807) is 7.05 Å². The number of aryl methyl sites for hydroxylation is 1. The van der Waals surface area contributed by atoms with Crippen molar-refractivity contribution in [3.05, 3.63) is 6.20 Å². The fraction of sp³-hybridized carbons (Fsp3) is 0.727. The summed E-state index contributed by atoms with van der Waals surface area (Å²) >= 11 is 0. The summed E-state index contributed by atoms with van der Waals surface area (Å²) in [4.78, 5) is 0.100. The fourth-order valence-corrected chi connectivity index (χ4v) is 2.92. The molecule has 0 radical (unpaired) electrons. The van der Waals surface area contributed by atoms with Crippen LogP contribution in [-0.2, 0) is 16.6 Å². The van der Waals surface area contributed by atoms with Gasteiger partial charge in [-0.3, -0.25) is 4.68 Å². The maximum absolute atomic E-state index is 12.3. The zero-order valence-corrected chi connectivity index (χ0v) is 12.1. The number of anilines is 1. The number of nitrogen functional groups attached to an aromatic ring is 1. The predicted octanol–water partition coefficient (Wildman–Crippen LogP) is 1.30. The Labute approximate surface area is 109 Å². The first kappa shape index (κ1) is 15.0. The van der Waals surface area contributed by atoms with Crippen molar-refractivity contribution in [2.75, 3.05) is 19.3 Å². The molecule has 18 heavy (non-hydrogen) atoms. The van der Waals surface area contributed by atoms with E-state index >= 15 is 0 Å². The molecule has 1 rings (SSSR count). The molecule has 0 fully saturated rings. The molecule has 1 heterocycles. The van der Waals surface area contributed by atoms with E-state index in [-0.39, 0.29) is 10.7 Å². The predicted molar refractivity (Wildman–Crippen MR) is 71.7 cm³/mol. The van der Waals surface area contributed by atoms with Gasteiger partial charge in [-0.25, -0.2) is 12.7 Å². The van der Waals surface area contributed by atoms with Crippen molar-refractivity contribution >= 4 is 15.8 Å². The highest BCUT2D eigenvalue weighted by Gasteiger charge is 2.25. The van der Waals surface area contributed by atoms with Crippen LogP contribution in [0.15, 0.2) is 11.1 Å². The molecule has 0 atom stereocenters. The molecule has 7 heteroatoms. The van der Waals surface area contributed by atoms with Crippen LogP contribution >= 0.6 is 0 Å². The van der Waals surface area contributed by atoms with Crippen LogP contribution in [0, 0.1) is 0 Å². The van der Waals surface area contributed by atoms with Crippen LogP contribution in [0.25, 0.3) is 0 Å². The minimum Gasteiger partial charge on any atom is -0.381 e. The van der Waals surface area contributed by atoms with Gasteiger partial charge in [0.1, 0.15) is 4.90 Å². The summed E-state index contributed by atoms with van der Waals surface area (Å²) in [7, 11) is -1.94. The molecular weight excluding hydrogens is 252 g/mol. The van der Waals surface area contributed by atoms with E-state index in [2.05, 4.69) is 12.0 Å². The van der Waals surface area contributed by atoms with E-state index in [4.69, 9.17) is 5.73 Å². The maximum Gasteiger partial charge on any atom is 0.248 e. The largest absolute Gasteiger partial charge is 0.381 e. The molecule has 0 unspecified atom stereocenters. The van der Waals surface area contributed by atoms with Crippen LogP contribution in [0.5, 0.6) is 0 Å². The Morgan fingerprint density at radius 2 is 2.06 bits per heavy atom. The first-order valence-electron chi connectivity index (χ1n) is 6.22. The Hall–Kier alpha value is -1.08. The van der Waals surface area contributed by atoms with Gasteiger partial charge in [-0.2, -0.15) is 5.10 Å². The zero-order valence-electron chi connectivity index (χ0n) is 11.3. The van der Waals surface area contributed by atoms with Crippen molar-refractivity contribution in [3.63, 3.8) is 0 Å². The van der Waals surface area contributed by atoms with Crippen molar-refractivity contribution in [1.29, 1.82) is 0 Å². The van der Waals surface area contributed by atoms with Crippen molar-refractivity contribution in [3.8, 4) is 0 Å². The molecule has 6 nitrogen and oxygen atoms in total. The van der Waals surface area contributed by atoms with E-state index < -0.39 is 10.0 Å². The Morgan fingerprint density at radius 1 is 1.39 bits per heavy atom. The second-order valence-corrected chi connectivity index (χ2v) is 6.28. The van der Waals surface area contributed by atoms with Gasteiger partial charge < -0.3 is 5.73 Å². The molecule has 2 N–H and O–H groups in total. The van der Waals surface area contributed by atoms with Gasteiger partial charge in [0, 0.05) is 26.3 Å². The normalized spacial score (nSPS) is 12.2. The van der Waals surface area contributed by atoms with Gasteiger partial charge in [-0.15, -0.1) is 0 Å². The average molecular weight is 274 g/mol. The van der Waals surface area contributed by atoms with Crippen LogP contribution in [-0.4, -0.2) is 36.1 Å². The third-order valence-electron chi connectivity index (χ3n) is 2.84. The number of aromatic nitrogens is 2. The first-order chi connectivity index (χ1) is 8.43. The SMILES string of the molecule is CCCCCN(C)S(=O)(=O)c1cn(CC)nc1N. The number of hydrogen-bond donors (Lipinski definition) is 1. The summed E-state index contributed by atoms with van der Waals surface area (Å²) in [6.07, 6.45) is 4.42. The Morgan fingerprint density at radius 3 is 2.56 bits per heavy atom. The van der Waals surface area contributed by atoms with Gasteiger partial charge in [0.05, 0.1) is 0 Å². The van der Waals surface area contributed by atoms with E-state index in [0.717, 1.165) is 19.3 Å². The number of unbranched alkanes of at least 4 members (excludes halogenated alkanes) is 2. The van der Waals surface area contributed by atoms with E-state index in [0.29, 0.717) is 13.1 Å². The van der Waals surface area contributed by atoms with Gasteiger partial charge in [0.2, 0.25) is 10.0 Å². The lowest BCUT2D eigenvalue weighted by Crippen LogP contribution is -2.28. The molecule has 0 aliphatic heterocycles. The summed E-state index contributed by atoms with van der Waals surface area (Å²) in [5.74, 6) is 0.0687. The van der Waals surface area contributed by atoms with Gasteiger partial charge in [-0.05, 0) is 13.3 Å². The molecule has 0 saturated carbocycles. The second-order valence-electron chi connectivity index (χ2n) is 4.27. The highest BCUT2D eigenvalue weighted by atomic mass is 32.2. The van der Waals surface area contributed by atoms with Gasteiger partial charge >= 0.3 is 0 Å². The van der Waals surface area contributed by atoms with Gasteiger partial charge in [-0.1, -0.05) is 19.8 Å². The highest BCUT2D eigenvalue weighted by molar-refractivity contribution is 7.89. The average Bonchev–Trinajstić information content (AvgIpc) is 2.71. The Bertz CT molecular complexity index is 481. The van der Waals surface area contributed by atoms with Crippen LogP contribution < -0.4 is 5.73 Å². The minimum atomic E-state index is -3.51. The lowest BCUT2D eigenvalue weighted by atomic mass is 10.2. The van der Waals surface area contributed by atoms with Crippen molar-refractivity contribution in [2.45, 2.75) is 44.6 Å².